The first-order chi connectivity index (χ1) is 12.8. The Morgan fingerprint density at radius 2 is 1.93 bits per heavy atom. The molecule has 0 aliphatic rings. The molecule has 2 aromatic heterocycles. The number of hydrogen-bond acceptors (Lipinski definition) is 5. The van der Waals surface area contributed by atoms with Crippen molar-refractivity contribution < 1.29 is 17.6 Å². The van der Waals surface area contributed by atoms with Gasteiger partial charge in [-0.15, -0.1) is 11.3 Å². The van der Waals surface area contributed by atoms with E-state index in [1.165, 1.54) is 35.6 Å². The predicted molar refractivity (Wildman–Crippen MR) is 106 cm³/mol. The summed E-state index contributed by atoms with van der Waals surface area (Å²) in [5.41, 5.74) is 0.404. The van der Waals surface area contributed by atoms with Crippen molar-refractivity contribution in [1.29, 1.82) is 0 Å². The number of rotatable bonds is 6. The lowest BCUT2D eigenvalue weighted by molar-refractivity contribution is 0.0952. The van der Waals surface area contributed by atoms with Crippen LogP contribution >= 0.6 is 22.9 Å². The van der Waals surface area contributed by atoms with Gasteiger partial charge in [0.2, 0.25) is 0 Å². The van der Waals surface area contributed by atoms with Crippen LogP contribution in [-0.2, 0) is 9.84 Å². The molecule has 1 amide bonds. The zero-order valence-electron chi connectivity index (χ0n) is 14.7. The molecule has 0 saturated heterocycles. The van der Waals surface area contributed by atoms with Gasteiger partial charge in [0.15, 0.2) is 9.84 Å². The molecule has 5 nitrogen and oxygen atoms in total. The highest BCUT2D eigenvalue weighted by Gasteiger charge is 2.31. The fraction of sp³-hybridized carbons (Fsp3) is 0.211. The van der Waals surface area contributed by atoms with Crippen molar-refractivity contribution in [2.24, 2.45) is 0 Å². The van der Waals surface area contributed by atoms with Gasteiger partial charge in [0.05, 0.1) is 10.5 Å². The van der Waals surface area contributed by atoms with Crippen LogP contribution in [0.2, 0.25) is 5.02 Å². The van der Waals surface area contributed by atoms with E-state index in [1.54, 1.807) is 32.0 Å². The third-order valence-corrected chi connectivity index (χ3v) is 7.60. The van der Waals surface area contributed by atoms with Crippen LogP contribution in [0.25, 0.3) is 0 Å². The van der Waals surface area contributed by atoms with Crippen LogP contribution in [0.5, 0.6) is 0 Å². The number of benzene rings is 1. The second-order valence-corrected chi connectivity index (χ2v) is 9.59. The molecular weight excluding hydrogens is 406 g/mol. The molecule has 3 rings (SSSR count). The Kier molecular flexibility index (Phi) is 5.74. The zero-order valence-corrected chi connectivity index (χ0v) is 17.1. The number of carbonyl (C=O) groups is 1. The van der Waals surface area contributed by atoms with Gasteiger partial charge < -0.3 is 9.73 Å². The largest absolute Gasteiger partial charge is 0.466 e. The van der Waals surface area contributed by atoms with Gasteiger partial charge in [-0.3, -0.25) is 4.79 Å². The highest BCUT2D eigenvalue weighted by atomic mass is 35.5. The lowest BCUT2D eigenvalue weighted by Gasteiger charge is -2.17. The number of hydrogen-bond donors (Lipinski definition) is 1. The lowest BCUT2D eigenvalue weighted by Crippen LogP contribution is -2.31. The summed E-state index contributed by atoms with van der Waals surface area (Å²) in [6.07, 6.45) is 0. The summed E-state index contributed by atoms with van der Waals surface area (Å²) in [6.45, 7) is 3.40. The van der Waals surface area contributed by atoms with Gasteiger partial charge in [0, 0.05) is 16.4 Å². The van der Waals surface area contributed by atoms with Crippen LogP contribution in [0.15, 0.2) is 57.2 Å². The molecule has 8 heteroatoms. The molecule has 0 aliphatic heterocycles. The molecule has 0 radical (unpaired) electrons. The van der Waals surface area contributed by atoms with Crippen LogP contribution in [0.3, 0.4) is 0 Å². The lowest BCUT2D eigenvalue weighted by atomic mass is 10.2. The number of furan rings is 1. The summed E-state index contributed by atoms with van der Waals surface area (Å²) in [7, 11) is -3.71. The maximum atomic E-state index is 13.2. The number of amides is 1. The SMILES string of the molecule is Cc1cc(C(=O)NCC(c2cccs2)S(=O)(=O)c2ccc(Cl)cc2)c(C)o1. The van der Waals surface area contributed by atoms with E-state index in [1.807, 2.05) is 5.38 Å². The minimum atomic E-state index is -3.71. The molecule has 0 fully saturated rings. The molecule has 27 heavy (non-hydrogen) atoms. The van der Waals surface area contributed by atoms with E-state index in [4.69, 9.17) is 16.0 Å². The smallest absolute Gasteiger partial charge is 0.254 e. The van der Waals surface area contributed by atoms with E-state index in [2.05, 4.69) is 5.32 Å². The monoisotopic (exact) mass is 423 g/mol. The van der Waals surface area contributed by atoms with Gasteiger partial charge in [-0.2, -0.15) is 0 Å². The Hall–Kier alpha value is -2.09. The van der Waals surface area contributed by atoms with Crippen molar-refractivity contribution in [3.63, 3.8) is 0 Å². The topological polar surface area (TPSA) is 76.4 Å². The third-order valence-electron chi connectivity index (χ3n) is 4.11. The molecular formula is C19H18ClNO4S2. The van der Waals surface area contributed by atoms with E-state index in [9.17, 15) is 13.2 Å². The quantitative estimate of drug-likeness (QED) is 0.630. The second kappa shape index (κ2) is 7.88. The van der Waals surface area contributed by atoms with Gasteiger partial charge in [-0.25, -0.2) is 8.42 Å². The van der Waals surface area contributed by atoms with Crippen molar-refractivity contribution in [3.8, 4) is 0 Å². The zero-order chi connectivity index (χ0) is 19.6. The van der Waals surface area contributed by atoms with Gasteiger partial charge in [-0.05, 0) is 55.6 Å². The minimum Gasteiger partial charge on any atom is -0.466 e. The van der Waals surface area contributed by atoms with Gasteiger partial charge in [0.25, 0.3) is 5.91 Å². The Balaban J connectivity index is 1.87. The van der Waals surface area contributed by atoms with Crippen LogP contribution in [0.4, 0.5) is 0 Å². The molecule has 1 N–H and O–H groups in total. The molecule has 1 atom stereocenters. The average Bonchev–Trinajstić information content (AvgIpc) is 3.24. The van der Waals surface area contributed by atoms with E-state index in [0.29, 0.717) is 27.0 Å². The molecule has 0 saturated carbocycles. The molecule has 1 aromatic carbocycles. The van der Waals surface area contributed by atoms with Crippen molar-refractivity contribution in [2.75, 3.05) is 6.54 Å². The van der Waals surface area contributed by atoms with E-state index in [0.717, 1.165) is 0 Å². The fourth-order valence-electron chi connectivity index (χ4n) is 2.76. The standard InChI is InChI=1S/C19H18ClNO4S2/c1-12-10-16(13(2)25-12)19(22)21-11-18(17-4-3-9-26-17)27(23,24)15-7-5-14(20)6-8-15/h3-10,18H,11H2,1-2H3,(H,21,22). The van der Waals surface area contributed by atoms with Crippen LogP contribution in [-0.4, -0.2) is 20.9 Å². The van der Waals surface area contributed by atoms with Crippen LogP contribution in [0.1, 0.15) is 32.0 Å². The summed E-state index contributed by atoms with van der Waals surface area (Å²) in [4.78, 5) is 13.3. The molecule has 0 bridgehead atoms. The molecule has 3 aromatic rings. The first-order valence-electron chi connectivity index (χ1n) is 8.17. The summed E-state index contributed by atoms with van der Waals surface area (Å²) in [5, 5.41) is 4.11. The van der Waals surface area contributed by atoms with Gasteiger partial charge in [-0.1, -0.05) is 17.7 Å². The maximum Gasteiger partial charge on any atom is 0.254 e. The van der Waals surface area contributed by atoms with Crippen molar-refractivity contribution >= 4 is 38.7 Å². The first kappa shape index (κ1) is 19.7. The third kappa shape index (κ3) is 4.26. The van der Waals surface area contributed by atoms with Crippen molar-refractivity contribution in [1.82, 2.24) is 5.32 Å². The number of aryl methyl sites for hydroxylation is 2. The first-order valence-corrected chi connectivity index (χ1v) is 11.0. The number of carbonyl (C=O) groups excluding carboxylic acids is 1. The molecule has 0 aliphatic carbocycles. The maximum absolute atomic E-state index is 13.2. The molecule has 0 spiro atoms. The summed E-state index contributed by atoms with van der Waals surface area (Å²) in [5.74, 6) is 0.761. The average molecular weight is 424 g/mol. The summed E-state index contributed by atoms with van der Waals surface area (Å²) in [6, 6.07) is 11.2. The van der Waals surface area contributed by atoms with Gasteiger partial charge >= 0.3 is 0 Å². The van der Waals surface area contributed by atoms with Crippen molar-refractivity contribution in [3.05, 3.63) is 74.8 Å². The van der Waals surface area contributed by atoms with Crippen molar-refractivity contribution in [2.45, 2.75) is 24.0 Å². The number of thiophene rings is 1. The number of sulfone groups is 1. The second-order valence-electron chi connectivity index (χ2n) is 6.04. The Morgan fingerprint density at radius 3 is 2.48 bits per heavy atom. The number of nitrogens with one attached hydrogen (secondary N) is 1. The summed E-state index contributed by atoms with van der Waals surface area (Å²) >= 11 is 7.20. The van der Waals surface area contributed by atoms with E-state index >= 15 is 0 Å². The molecule has 142 valence electrons. The highest BCUT2D eigenvalue weighted by Crippen LogP contribution is 2.32. The van der Waals surface area contributed by atoms with Crippen LogP contribution in [0, 0.1) is 13.8 Å². The Bertz CT molecular complexity index is 1040. The van der Waals surface area contributed by atoms with E-state index in [-0.39, 0.29) is 17.3 Å². The highest BCUT2D eigenvalue weighted by molar-refractivity contribution is 7.91. The molecule has 1 unspecified atom stereocenters. The minimum absolute atomic E-state index is 0.0476. The van der Waals surface area contributed by atoms with Crippen LogP contribution < -0.4 is 5.32 Å². The summed E-state index contributed by atoms with van der Waals surface area (Å²) < 4.78 is 31.7. The van der Waals surface area contributed by atoms with Gasteiger partial charge in [0.1, 0.15) is 16.8 Å². The Morgan fingerprint density at radius 1 is 1.22 bits per heavy atom. The normalized spacial score (nSPS) is 12.7. The fourth-order valence-corrected chi connectivity index (χ4v) is 5.67. The number of halogens is 1. The molecule has 2 heterocycles. The Labute approximate surface area is 166 Å². The predicted octanol–water partition coefficient (Wildman–Crippen LogP) is 4.56. The van der Waals surface area contributed by atoms with E-state index < -0.39 is 15.1 Å².